The highest BCUT2D eigenvalue weighted by molar-refractivity contribution is 5.98. The van der Waals surface area contributed by atoms with E-state index in [0.29, 0.717) is 18.7 Å². The van der Waals surface area contributed by atoms with Crippen LogP contribution in [0.3, 0.4) is 0 Å². The number of likely N-dealkylation sites (N-methyl/N-ethyl adjacent to an activating group) is 1. The van der Waals surface area contributed by atoms with Gasteiger partial charge < -0.3 is 19.6 Å². The lowest BCUT2D eigenvalue weighted by atomic mass is 9.88. The number of carbonyl (C=O) groups is 2. The Kier molecular flexibility index (Phi) is 8.06. The van der Waals surface area contributed by atoms with Gasteiger partial charge in [-0.05, 0) is 31.4 Å². The molecule has 2 aliphatic rings. The Balaban J connectivity index is 1.64. The van der Waals surface area contributed by atoms with Crippen molar-refractivity contribution in [2.75, 3.05) is 26.7 Å². The summed E-state index contributed by atoms with van der Waals surface area (Å²) in [6.07, 6.45) is 6.72. The molecule has 1 aromatic heterocycles. The molecule has 0 saturated heterocycles. The van der Waals surface area contributed by atoms with Crippen molar-refractivity contribution in [2.24, 2.45) is 11.8 Å². The van der Waals surface area contributed by atoms with E-state index in [1.165, 1.54) is 6.42 Å². The molecule has 1 aromatic carbocycles. The number of fused-ring (bicyclic) bond motifs is 1. The first-order chi connectivity index (χ1) is 16.9. The van der Waals surface area contributed by atoms with E-state index in [9.17, 15) is 14.7 Å². The monoisotopic (exact) mass is 479 g/mol. The van der Waals surface area contributed by atoms with Crippen LogP contribution in [0.15, 0.2) is 42.6 Å². The fourth-order valence-electron chi connectivity index (χ4n) is 5.13. The fraction of sp³-hybridized carbons (Fsp3) is 0.536. The first-order valence-electron chi connectivity index (χ1n) is 12.8. The molecule has 35 heavy (non-hydrogen) atoms. The Labute approximate surface area is 208 Å². The molecule has 0 bridgehead atoms. The van der Waals surface area contributed by atoms with Gasteiger partial charge in [-0.15, -0.1) is 0 Å². The minimum Gasteiger partial charge on any atom is -0.472 e. The SMILES string of the molecule is C[C@@H]1CN([C@@H](C)CO)C(=O)c2cc(-c3ccccc3)cnc2O[C@@H]1CN(C)C(=O)C1CCCCC1. The average molecular weight is 480 g/mol. The summed E-state index contributed by atoms with van der Waals surface area (Å²) in [5, 5.41) is 9.87. The molecular weight excluding hydrogens is 442 g/mol. The number of aliphatic hydroxyl groups excluding tert-OH is 1. The first-order valence-corrected chi connectivity index (χ1v) is 12.8. The average Bonchev–Trinajstić information content (AvgIpc) is 2.90. The van der Waals surface area contributed by atoms with Gasteiger partial charge in [0.05, 0.1) is 19.2 Å². The van der Waals surface area contributed by atoms with E-state index in [1.54, 1.807) is 16.0 Å². The van der Waals surface area contributed by atoms with Crippen molar-refractivity contribution in [3.8, 4) is 17.0 Å². The summed E-state index contributed by atoms with van der Waals surface area (Å²) in [6.45, 7) is 4.58. The summed E-state index contributed by atoms with van der Waals surface area (Å²) in [5.41, 5.74) is 2.17. The smallest absolute Gasteiger partial charge is 0.259 e. The van der Waals surface area contributed by atoms with Crippen molar-refractivity contribution < 1.29 is 19.4 Å². The number of aliphatic hydroxyl groups is 1. The van der Waals surface area contributed by atoms with Crippen LogP contribution in [0.4, 0.5) is 0 Å². The fourth-order valence-corrected chi connectivity index (χ4v) is 5.13. The molecule has 0 radical (unpaired) electrons. The third-order valence-electron chi connectivity index (χ3n) is 7.41. The second kappa shape index (κ2) is 11.2. The van der Waals surface area contributed by atoms with E-state index >= 15 is 0 Å². The molecule has 1 saturated carbocycles. The summed E-state index contributed by atoms with van der Waals surface area (Å²) in [6, 6.07) is 11.3. The van der Waals surface area contributed by atoms with Crippen LogP contribution in [0.5, 0.6) is 5.88 Å². The predicted molar refractivity (Wildman–Crippen MR) is 135 cm³/mol. The van der Waals surface area contributed by atoms with Crippen molar-refractivity contribution in [1.29, 1.82) is 0 Å². The lowest BCUT2D eigenvalue weighted by molar-refractivity contribution is -0.136. The maximum Gasteiger partial charge on any atom is 0.259 e. The van der Waals surface area contributed by atoms with E-state index in [2.05, 4.69) is 4.98 Å². The number of hydrogen-bond donors (Lipinski definition) is 1. The van der Waals surface area contributed by atoms with Crippen LogP contribution < -0.4 is 4.74 Å². The summed E-state index contributed by atoms with van der Waals surface area (Å²) >= 11 is 0. The van der Waals surface area contributed by atoms with E-state index in [4.69, 9.17) is 4.74 Å². The van der Waals surface area contributed by atoms with E-state index in [0.717, 1.165) is 36.8 Å². The van der Waals surface area contributed by atoms with Crippen LogP contribution in [0.1, 0.15) is 56.3 Å². The molecule has 2 aromatic rings. The Hall–Kier alpha value is -2.93. The quantitative estimate of drug-likeness (QED) is 0.677. The van der Waals surface area contributed by atoms with Crippen molar-refractivity contribution >= 4 is 11.8 Å². The maximum atomic E-state index is 13.6. The number of amides is 2. The number of hydrogen-bond acceptors (Lipinski definition) is 5. The molecule has 188 valence electrons. The van der Waals surface area contributed by atoms with Crippen LogP contribution in [-0.2, 0) is 4.79 Å². The van der Waals surface area contributed by atoms with Crippen LogP contribution in [-0.4, -0.2) is 70.6 Å². The minimum absolute atomic E-state index is 0.0571. The Bertz CT molecular complexity index is 1020. The van der Waals surface area contributed by atoms with Crippen LogP contribution in [0.2, 0.25) is 0 Å². The normalized spacial score (nSPS) is 21.9. The molecule has 2 heterocycles. The van der Waals surface area contributed by atoms with Crippen molar-refractivity contribution in [1.82, 2.24) is 14.8 Å². The van der Waals surface area contributed by atoms with Crippen LogP contribution in [0, 0.1) is 11.8 Å². The zero-order valence-corrected chi connectivity index (χ0v) is 21.0. The third kappa shape index (κ3) is 5.67. The largest absolute Gasteiger partial charge is 0.472 e. The Morgan fingerprint density at radius 1 is 1.20 bits per heavy atom. The molecule has 2 amide bonds. The molecule has 1 aliphatic carbocycles. The van der Waals surface area contributed by atoms with Crippen LogP contribution >= 0.6 is 0 Å². The highest BCUT2D eigenvalue weighted by atomic mass is 16.5. The summed E-state index contributed by atoms with van der Waals surface area (Å²) < 4.78 is 6.37. The van der Waals surface area contributed by atoms with Gasteiger partial charge >= 0.3 is 0 Å². The molecule has 7 heteroatoms. The maximum absolute atomic E-state index is 13.6. The highest BCUT2D eigenvalue weighted by Gasteiger charge is 2.35. The second-order valence-corrected chi connectivity index (χ2v) is 10.1. The summed E-state index contributed by atoms with van der Waals surface area (Å²) in [7, 11) is 1.85. The van der Waals surface area contributed by atoms with Gasteiger partial charge in [-0.25, -0.2) is 4.98 Å². The molecule has 0 spiro atoms. The van der Waals surface area contributed by atoms with Crippen molar-refractivity contribution in [3.05, 3.63) is 48.2 Å². The highest BCUT2D eigenvalue weighted by Crippen LogP contribution is 2.31. The summed E-state index contributed by atoms with van der Waals surface area (Å²) in [4.78, 5) is 34.8. The number of aromatic nitrogens is 1. The molecule has 0 unspecified atom stereocenters. The van der Waals surface area contributed by atoms with Gasteiger partial charge in [-0.3, -0.25) is 9.59 Å². The first kappa shape index (κ1) is 25.2. The second-order valence-electron chi connectivity index (χ2n) is 10.1. The third-order valence-corrected chi connectivity index (χ3v) is 7.41. The molecule has 3 atom stereocenters. The van der Waals surface area contributed by atoms with Gasteiger partial charge in [-0.1, -0.05) is 56.5 Å². The zero-order chi connectivity index (χ0) is 24.9. The van der Waals surface area contributed by atoms with Crippen molar-refractivity contribution in [3.63, 3.8) is 0 Å². The summed E-state index contributed by atoms with van der Waals surface area (Å²) in [5.74, 6) is 0.276. The number of pyridine rings is 1. The van der Waals surface area contributed by atoms with Gasteiger partial charge in [0.15, 0.2) is 0 Å². The zero-order valence-electron chi connectivity index (χ0n) is 21.0. The molecule has 7 nitrogen and oxygen atoms in total. The van der Waals surface area contributed by atoms with E-state index in [1.807, 2.05) is 57.3 Å². The molecule has 4 rings (SSSR count). The van der Waals surface area contributed by atoms with E-state index < -0.39 is 0 Å². The van der Waals surface area contributed by atoms with Gasteiger partial charge in [0.25, 0.3) is 5.91 Å². The van der Waals surface area contributed by atoms with Crippen LogP contribution in [0.25, 0.3) is 11.1 Å². The standard InChI is InChI=1S/C28H37N3O4/c1-19-16-31(20(2)18-32)28(34)24-14-23(21-10-6-4-7-11-21)15-29-26(24)35-25(19)17-30(3)27(33)22-12-8-5-9-13-22/h4,6-7,10-11,14-15,19-20,22,25,32H,5,8-9,12-13,16-18H2,1-3H3/t19-,20+,25-/m1/s1. The molecule has 1 aliphatic heterocycles. The minimum atomic E-state index is -0.349. The number of nitrogens with zero attached hydrogens (tertiary/aromatic N) is 3. The molecule has 1 fully saturated rings. The topological polar surface area (TPSA) is 83.0 Å². The number of rotatable bonds is 6. The molecule has 1 N–H and O–H groups in total. The van der Waals surface area contributed by atoms with Gasteiger partial charge in [0, 0.05) is 37.2 Å². The number of ether oxygens (including phenoxy) is 1. The number of carbonyl (C=O) groups excluding carboxylic acids is 2. The lowest BCUT2D eigenvalue weighted by Crippen LogP contribution is -2.51. The molecular formula is C28H37N3O4. The van der Waals surface area contributed by atoms with E-state index in [-0.39, 0.29) is 48.3 Å². The predicted octanol–water partition coefficient (Wildman–Crippen LogP) is 4.01. The Morgan fingerprint density at radius 2 is 1.91 bits per heavy atom. The number of benzene rings is 1. The van der Waals surface area contributed by atoms with Gasteiger partial charge in [-0.2, -0.15) is 0 Å². The lowest BCUT2D eigenvalue weighted by Gasteiger charge is -2.38. The Morgan fingerprint density at radius 3 is 2.60 bits per heavy atom. The van der Waals surface area contributed by atoms with Crippen molar-refractivity contribution in [2.45, 2.75) is 58.1 Å². The van der Waals surface area contributed by atoms with Gasteiger partial charge in [0.2, 0.25) is 11.8 Å². The van der Waals surface area contributed by atoms with Gasteiger partial charge in [0.1, 0.15) is 11.7 Å².